The number of halogens is 2. The van der Waals surface area contributed by atoms with Crippen LogP contribution in [0, 0.1) is 5.82 Å². The average molecular weight is 413 g/mol. The number of hydrogen-bond acceptors (Lipinski definition) is 3. The number of hydrogen-bond donors (Lipinski definition) is 1. The van der Waals surface area contributed by atoms with E-state index in [0.717, 1.165) is 5.56 Å². The van der Waals surface area contributed by atoms with Crippen LogP contribution in [0.25, 0.3) is 0 Å². The van der Waals surface area contributed by atoms with Crippen molar-refractivity contribution in [2.75, 3.05) is 13.1 Å². The van der Waals surface area contributed by atoms with Crippen molar-refractivity contribution in [2.45, 2.75) is 31.7 Å². The normalized spacial score (nSPS) is 12.8. The fraction of sp³-hybridized carbons (Fsp3) is 0.316. The standard InChI is InChI=1S/C19H22ClFN2O3S/c1-4-23(5-2)27(25,26)18-12-15(8-11-17(18)20)19(24)22-13(3)14-6-9-16(21)10-7-14/h6-13H,4-5H2,1-3H3,(H,22,24)/t13-/m0/s1. The van der Waals surface area contributed by atoms with Gasteiger partial charge in [-0.3, -0.25) is 4.79 Å². The van der Waals surface area contributed by atoms with Crippen LogP contribution in [0.5, 0.6) is 0 Å². The lowest BCUT2D eigenvalue weighted by atomic mass is 10.1. The number of nitrogens with zero attached hydrogens (tertiary/aromatic N) is 1. The zero-order valence-electron chi connectivity index (χ0n) is 15.4. The van der Waals surface area contributed by atoms with Crippen molar-refractivity contribution < 1.29 is 17.6 Å². The lowest BCUT2D eigenvalue weighted by molar-refractivity contribution is 0.0939. The molecule has 146 valence electrons. The first-order valence-corrected chi connectivity index (χ1v) is 10.4. The molecule has 0 bridgehead atoms. The van der Waals surface area contributed by atoms with Crippen molar-refractivity contribution in [3.05, 3.63) is 64.4 Å². The summed E-state index contributed by atoms with van der Waals surface area (Å²) in [6.45, 7) is 5.82. The monoisotopic (exact) mass is 412 g/mol. The summed E-state index contributed by atoms with van der Waals surface area (Å²) in [5.41, 5.74) is 0.911. The first-order valence-electron chi connectivity index (χ1n) is 8.56. The van der Waals surface area contributed by atoms with Crippen LogP contribution in [0.3, 0.4) is 0 Å². The van der Waals surface area contributed by atoms with E-state index in [2.05, 4.69) is 5.32 Å². The molecule has 5 nitrogen and oxygen atoms in total. The van der Waals surface area contributed by atoms with E-state index in [1.165, 1.54) is 34.6 Å². The highest BCUT2D eigenvalue weighted by atomic mass is 35.5. The lowest BCUT2D eigenvalue weighted by Crippen LogP contribution is -2.31. The van der Waals surface area contributed by atoms with Gasteiger partial charge in [0.2, 0.25) is 10.0 Å². The summed E-state index contributed by atoms with van der Waals surface area (Å²) in [6, 6.07) is 9.56. The topological polar surface area (TPSA) is 66.5 Å². The molecule has 0 saturated heterocycles. The van der Waals surface area contributed by atoms with Gasteiger partial charge < -0.3 is 5.32 Å². The number of carbonyl (C=O) groups is 1. The third-order valence-corrected chi connectivity index (χ3v) is 6.77. The summed E-state index contributed by atoms with van der Waals surface area (Å²) < 4.78 is 39.8. The van der Waals surface area contributed by atoms with Gasteiger partial charge in [-0.05, 0) is 42.8 Å². The van der Waals surface area contributed by atoms with Gasteiger partial charge in [-0.2, -0.15) is 4.31 Å². The average Bonchev–Trinajstić information content (AvgIpc) is 2.63. The maximum Gasteiger partial charge on any atom is 0.251 e. The van der Waals surface area contributed by atoms with Gasteiger partial charge in [0.15, 0.2) is 0 Å². The molecule has 0 spiro atoms. The molecule has 8 heteroatoms. The van der Waals surface area contributed by atoms with Gasteiger partial charge in [-0.15, -0.1) is 0 Å². The molecule has 27 heavy (non-hydrogen) atoms. The first-order chi connectivity index (χ1) is 12.7. The summed E-state index contributed by atoms with van der Waals surface area (Å²) in [7, 11) is -3.79. The molecule has 0 radical (unpaired) electrons. The van der Waals surface area contributed by atoms with Crippen molar-refractivity contribution in [1.82, 2.24) is 9.62 Å². The summed E-state index contributed by atoms with van der Waals surface area (Å²) in [5, 5.41) is 2.83. The third-order valence-electron chi connectivity index (χ3n) is 4.23. The van der Waals surface area contributed by atoms with Gasteiger partial charge in [0.05, 0.1) is 11.1 Å². The molecule has 2 rings (SSSR count). The lowest BCUT2D eigenvalue weighted by Gasteiger charge is -2.20. The number of rotatable bonds is 7. The van der Waals surface area contributed by atoms with E-state index in [4.69, 9.17) is 11.6 Å². The Labute approximate surface area is 164 Å². The smallest absolute Gasteiger partial charge is 0.251 e. The Morgan fingerprint density at radius 3 is 2.30 bits per heavy atom. The summed E-state index contributed by atoms with van der Waals surface area (Å²) in [6.07, 6.45) is 0. The van der Waals surface area contributed by atoms with Crippen LogP contribution in [-0.4, -0.2) is 31.7 Å². The molecule has 1 N–H and O–H groups in total. The minimum atomic E-state index is -3.79. The van der Waals surface area contributed by atoms with E-state index < -0.39 is 15.9 Å². The Balaban J connectivity index is 2.29. The quantitative estimate of drug-likeness (QED) is 0.747. The van der Waals surface area contributed by atoms with E-state index >= 15 is 0 Å². The van der Waals surface area contributed by atoms with Gasteiger partial charge in [0.25, 0.3) is 5.91 Å². The van der Waals surface area contributed by atoms with Crippen molar-refractivity contribution in [1.29, 1.82) is 0 Å². The van der Waals surface area contributed by atoms with Crippen LogP contribution < -0.4 is 5.32 Å². The highest BCUT2D eigenvalue weighted by Crippen LogP contribution is 2.26. The van der Waals surface area contributed by atoms with E-state index in [1.807, 2.05) is 0 Å². The highest BCUT2D eigenvalue weighted by Gasteiger charge is 2.25. The number of benzene rings is 2. The molecule has 1 amide bonds. The van der Waals surface area contributed by atoms with Crippen LogP contribution in [-0.2, 0) is 10.0 Å². The van der Waals surface area contributed by atoms with Crippen LogP contribution in [0.2, 0.25) is 5.02 Å². The van der Waals surface area contributed by atoms with Crippen LogP contribution in [0.15, 0.2) is 47.4 Å². The minimum Gasteiger partial charge on any atom is -0.346 e. The summed E-state index contributed by atoms with van der Waals surface area (Å²) >= 11 is 6.09. The van der Waals surface area contributed by atoms with Gasteiger partial charge in [-0.1, -0.05) is 37.6 Å². The third kappa shape index (κ3) is 4.86. The highest BCUT2D eigenvalue weighted by molar-refractivity contribution is 7.89. The molecule has 0 aromatic heterocycles. The predicted molar refractivity (Wildman–Crippen MR) is 104 cm³/mol. The second kappa shape index (κ2) is 8.82. The number of amides is 1. The number of carbonyl (C=O) groups excluding carboxylic acids is 1. The Kier molecular flexibility index (Phi) is 6.97. The molecule has 0 aliphatic heterocycles. The Bertz CT molecular complexity index is 913. The summed E-state index contributed by atoms with van der Waals surface area (Å²) in [4.78, 5) is 12.5. The van der Waals surface area contributed by atoms with Gasteiger partial charge in [-0.25, -0.2) is 12.8 Å². The second-order valence-corrected chi connectivity index (χ2v) is 8.29. The van der Waals surface area contributed by atoms with E-state index in [1.54, 1.807) is 32.9 Å². The van der Waals surface area contributed by atoms with Crippen molar-refractivity contribution in [2.24, 2.45) is 0 Å². The number of nitrogens with one attached hydrogen (secondary N) is 1. The zero-order valence-corrected chi connectivity index (χ0v) is 16.9. The molecule has 0 aliphatic rings. The molecular formula is C19H22ClFN2O3S. The SMILES string of the molecule is CCN(CC)S(=O)(=O)c1cc(C(=O)N[C@@H](C)c2ccc(F)cc2)ccc1Cl. The molecule has 0 fully saturated rings. The fourth-order valence-electron chi connectivity index (χ4n) is 2.66. The Morgan fingerprint density at radius 1 is 1.15 bits per heavy atom. The molecule has 0 unspecified atom stereocenters. The maximum absolute atomic E-state index is 13.0. The maximum atomic E-state index is 13.0. The second-order valence-electron chi connectivity index (χ2n) is 5.98. The minimum absolute atomic E-state index is 0.0602. The zero-order chi connectivity index (χ0) is 20.2. The largest absolute Gasteiger partial charge is 0.346 e. The molecule has 0 saturated carbocycles. The Hall–Kier alpha value is -1.96. The van der Waals surface area contributed by atoms with Crippen molar-refractivity contribution in [3.63, 3.8) is 0 Å². The number of sulfonamides is 1. The van der Waals surface area contributed by atoms with E-state index in [0.29, 0.717) is 13.1 Å². The molecule has 0 aliphatic carbocycles. The van der Waals surface area contributed by atoms with Crippen molar-refractivity contribution >= 4 is 27.5 Å². The molecule has 1 atom stereocenters. The Morgan fingerprint density at radius 2 is 1.74 bits per heavy atom. The van der Waals surface area contributed by atoms with Crippen LogP contribution in [0.1, 0.15) is 42.7 Å². The van der Waals surface area contributed by atoms with Gasteiger partial charge in [0, 0.05) is 18.7 Å². The molecule has 0 heterocycles. The predicted octanol–water partition coefficient (Wildman–Crippen LogP) is 4.00. The molecular weight excluding hydrogens is 391 g/mol. The molecule has 2 aromatic carbocycles. The summed E-state index contributed by atoms with van der Waals surface area (Å²) in [5.74, 6) is -0.805. The van der Waals surface area contributed by atoms with Gasteiger partial charge in [0.1, 0.15) is 10.7 Å². The molecule has 2 aromatic rings. The van der Waals surface area contributed by atoms with E-state index in [9.17, 15) is 17.6 Å². The first kappa shape index (κ1) is 21.3. The van der Waals surface area contributed by atoms with Crippen LogP contribution >= 0.6 is 11.6 Å². The fourth-order valence-corrected chi connectivity index (χ4v) is 4.62. The van der Waals surface area contributed by atoms with Crippen molar-refractivity contribution in [3.8, 4) is 0 Å². The van der Waals surface area contributed by atoms with Crippen LogP contribution in [0.4, 0.5) is 4.39 Å². The van der Waals surface area contributed by atoms with Gasteiger partial charge >= 0.3 is 0 Å². The van der Waals surface area contributed by atoms with E-state index in [-0.39, 0.29) is 27.3 Å².